The van der Waals surface area contributed by atoms with Crippen LogP contribution < -0.4 is 0 Å². The van der Waals surface area contributed by atoms with Gasteiger partial charge in [0.1, 0.15) is 6.61 Å². The predicted molar refractivity (Wildman–Crippen MR) is 94.9 cm³/mol. The van der Waals surface area contributed by atoms with E-state index in [0.717, 1.165) is 24.2 Å². The van der Waals surface area contributed by atoms with Crippen LogP contribution in [0.15, 0.2) is 0 Å². The maximum atomic E-state index is 11.8. The smallest absolute Gasteiger partial charge is 0.407 e. The van der Waals surface area contributed by atoms with Gasteiger partial charge in [-0.3, -0.25) is 4.79 Å². The largest absolute Gasteiger partial charge is 0.465 e. The Kier molecular flexibility index (Phi) is 14.1. The molecule has 0 radical (unpaired) electrons. The number of rotatable bonds is 15. The van der Waals surface area contributed by atoms with E-state index in [9.17, 15) is 9.59 Å². The molecule has 2 amide bonds. The van der Waals surface area contributed by atoms with Gasteiger partial charge in [0.15, 0.2) is 0 Å². The van der Waals surface area contributed by atoms with Gasteiger partial charge in [0.05, 0.1) is 32.5 Å². The normalized spacial score (nSPS) is 12.0. The lowest BCUT2D eigenvalue weighted by atomic mass is 10.2. The van der Waals surface area contributed by atoms with Crippen LogP contribution in [0.4, 0.5) is 4.79 Å². The molecule has 0 aliphatic heterocycles. The average molecular weight is 362 g/mol. The van der Waals surface area contributed by atoms with Gasteiger partial charge >= 0.3 is 6.09 Å². The van der Waals surface area contributed by atoms with Crippen molar-refractivity contribution in [3.63, 3.8) is 0 Å². The van der Waals surface area contributed by atoms with E-state index in [1.165, 1.54) is 11.9 Å². The lowest BCUT2D eigenvalue weighted by Crippen LogP contribution is -2.38. The van der Waals surface area contributed by atoms with E-state index in [0.29, 0.717) is 39.1 Å². The van der Waals surface area contributed by atoms with Crippen LogP contribution in [-0.4, -0.2) is 93.2 Å². The van der Waals surface area contributed by atoms with Crippen molar-refractivity contribution < 1.29 is 28.9 Å². The minimum absolute atomic E-state index is 0.0401. The molecule has 1 atom stereocenters. The third kappa shape index (κ3) is 12.6. The lowest BCUT2D eigenvalue weighted by molar-refractivity contribution is -0.135. The Morgan fingerprint density at radius 3 is 2.16 bits per heavy atom. The summed E-state index contributed by atoms with van der Waals surface area (Å²) >= 11 is 0. The zero-order chi connectivity index (χ0) is 19.1. The van der Waals surface area contributed by atoms with Crippen LogP contribution in [0, 0.1) is 0 Å². The Morgan fingerprint density at radius 2 is 1.56 bits per heavy atom. The van der Waals surface area contributed by atoms with Gasteiger partial charge in [-0.25, -0.2) is 4.79 Å². The summed E-state index contributed by atoms with van der Waals surface area (Å²) in [6.45, 7) is 6.63. The first-order valence-electron chi connectivity index (χ1n) is 8.87. The van der Waals surface area contributed by atoms with Crippen LogP contribution in [0.25, 0.3) is 0 Å². The van der Waals surface area contributed by atoms with Gasteiger partial charge < -0.3 is 29.1 Å². The molecule has 0 saturated heterocycles. The summed E-state index contributed by atoms with van der Waals surface area (Å²) in [5.41, 5.74) is 0. The Balaban J connectivity index is 3.58. The van der Waals surface area contributed by atoms with Crippen molar-refractivity contribution in [1.82, 2.24) is 9.80 Å². The summed E-state index contributed by atoms with van der Waals surface area (Å²) in [6.07, 6.45) is 2.48. The highest BCUT2D eigenvalue weighted by Crippen LogP contribution is 2.05. The number of amides is 2. The first kappa shape index (κ1) is 23.6. The van der Waals surface area contributed by atoms with Gasteiger partial charge in [-0.05, 0) is 12.8 Å². The standard InChI is InChI=1S/C17H34N2O6/c1-5-7-15(6-2)25-13-12-23-10-11-24-14-16(20)18(3)8-9-19(4)17(21)22/h15H,5-14H2,1-4H3,(H,21,22). The molecule has 8 heteroatoms. The van der Waals surface area contributed by atoms with Gasteiger partial charge in [-0.2, -0.15) is 0 Å². The van der Waals surface area contributed by atoms with Crippen LogP contribution in [0.3, 0.4) is 0 Å². The summed E-state index contributed by atoms with van der Waals surface area (Å²) in [7, 11) is 3.08. The second kappa shape index (κ2) is 14.9. The molecule has 0 bridgehead atoms. The van der Waals surface area contributed by atoms with Gasteiger partial charge in [-0.15, -0.1) is 0 Å². The average Bonchev–Trinajstić information content (AvgIpc) is 2.59. The summed E-state index contributed by atoms with van der Waals surface area (Å²) in [5, 5.41) is 8.74. The third-order valence-corrected chi connectivity index (χ3v) is 3.77. The van der Waals surface area contributed by atoms with E-state index in [-0.39, 0.29) is 19.1 Å². The topological polar surface area (TPSA) is 88.5 Å². The van der Waals surface area contributed by atoms with Crippen molar-refractivity contribution >= 4 is 12.0 Å². The number of carbonyl (C=O) groups is 2. The van der Waals surface area contributed by atoms with E-state index in [4.69, 9.17) is 19.3 Å². The van der Waals surface area contributed by atoms with Crippen LogP contribution in [-0.2, 0) is 19.0 Å². The van der Waals surface area contributed by atoms with E-state index < -0.39 is 6.09 Å². The first-order chi connectivity index (χ1) is 11.9. The van der Waals surface area contributed by atoms with Crippen LogP contribution in [0.5, 0.6) is 0 Å². The summed E-state index contributed by atoms with van der Waals surface area (Å²) in [4.78, 5) is 25.0. The highest BCUT2D eigenvalue weighted by Gasteiger charge is 2.11. The van der Waals surface area contributed by atoms with Crippen molar-refractivity contribution in [3.05, 3.63) is 0 Å². The molecule has 148 valence electrons. The molecular formula is C17H34N2O6. The lowest BCUT2D eigenvalue weighted by Gasteiger charge is -2.20. The third-order valence-electron chi connectivity index (χ3n) is 3.77. The SMILES string of the molecule is CCCC(CC)OCCOCCOCC(=O)N(C)CCN(C)C(=O)O. The van der Waals surface area contributed by atoms with Crippen LogP contribution in [0.2, 0.25) is 0 Å². The molecule has 0 saturated carbocycles. The molecule has 0 spiro atoms. The number of likely N-dealkylation sites (N-methyl/N-ethyl adjacent to an activating group) is 2. The fourth-order valence-corrected chi connectivity index (χ4v) is 2.01. The van der Waals surface area contributed by atoms with Gasteiger partial charge in [0.2, 0.25) is 5.91 Å². The number of nitrogens with zero attached hydrogens (tertiary/aromatic N) is 2. The fraction of sp³-hybridized carbons (Fsp3) is 0.882. The molecule has 0 aromatic rings. The predicted octanol–water partition coefficient (Wildman–Crippen LogP) is 1.68. The van der Waals surface area contributed by atoms with Crippen molar-refractivity contribution in [2.24, 2.45) is 0 Å². The van der Waals surface area contributed by atoms with E-state index in [1.807, 2.05) is 0 Å². The molecule has 0 heterocycles. The molecule has 8 nitrogen and oxygen atoms in total. The summed E-state index contributed by atoms with van der Waals surface area (Å²) in [6, 6.07) is 0. The molecule has 25 heavy (non-hydrogen) atoms. The second-order valence-corrected chi connectivity index (χ2v) is 5.87. The zero-order valence-corrected chi connectivity index (χ0v) is 16.0. The molecule has 0 aliphatic carbocycles. The van der Waals surface area contributed by atoms with Crippen molar-refractivity contribution in [3.8, 4) is 0 Å². The Hall–Kier alpha value is -1.38. The number of hydrogen-bond acceptors (Lipinski definition) is 5. The minimum atomic E-state index is -1.02. The molecule has 0 aromatic carbocycles. The molecule has 0 rings (SSSR count). The number of carbonyl (C=O) groups excluding carboxylic acids is 1. The van der Waals surface area contributed by atoms with Gasteiger partial charge in [0, 0.05) is 27.2 Å². The molecule has 0 aliphatic rings. The number of ether oxygens (including phenoxy) is 3. The molecular weight excluding hydrogens is 328 g/mol. The molecule has 1 N–H and O–H groups in total. The quantitative estimate of drug-likeness (QED) is 0.446. The zero-order valence-electron chi connectivity index (χ0n) is 16.0. The monoisotopic (exact) mass is 362 g/mol. The van der Waals surface area contributed by atoms with E-state index >= 15 is 0 Å². The van der Waals surface area contributed by atoms with E-state index in [2.05, 4.69) is 13.8 Å². The maximum absolute atomic E-state index is 11.8. The fourth-order valence-electron chi connectivity index (χ4n) is 2.01. The number of carboxylic acid groups (broad SMARTS) is 1. The first-order valence-corrected chi connectivity index (χ1v) is 8.87. The van der Waals surface area contributed by atoms with Gasteiger partial charge in [0.25, 0.3) is 0 Å². The Morgan fingerprint density at radius 1 is 0.960 bits per heavy atom. The van der Waals surface area contributed by atoms with Crippen molar-refractivity contribution in [1.29, 1.82) is 0 Å². The van der Waals surface area contributed by atoms with Gasteiger partial charge in [-0.1, -0.05) is 20.3 Å². The van der Waals surface area contributed by atoms with Crippen molar-refractivity contribution in [2.45, 2.75) is 39.2 Å². The number of hydrogen-bond donors (Lipinski definition) is 1. The van der Waals surface area contributed by atoms with E-state index in [1.54, 1.807) is 7.05 Å². The highest BCUT2D eigenvalue weighted by atomic mass is 16.5. The molecule has 1 unspecified atom stereocenters. The maximum Gasteiger partial charge on any atom is 0.407 e. The van der Waals surface area contributed by atoms with Crippen molar-refractivity contribution in [2.75, 3.05) is 60.2 Å². The second-order valence-electron chi connectivity index (χ2n) is 5.87. The minimum Gasteiger partial charge on any atom is -0.465 e. The summed E-state index contributed by atoms with van der Waals surface area (Å²) < 4.78 is 16.4. The molecule has 0 aromatic heterocycles. The molecule has 0 fully saturated rings. The van der Waals surface area contributed by atoms with Crippen LogP contribution in [0.1, 0.15) is 33.1 Å². The van der Waals surface area contributed by atoms with Crippen LogP contribution >= 0.6 is 0 Å². The summed E-state index contributed by atoms with van der Waals surface area (Å²) in [5.74, 6) is -0.188. The Labute approximate surface area is 151 Å². The Bertz CT molecular complexity index is 367. The highest BCUT2D eigenvalue weighted by molar-refractivity contribution is 5.77.